The minimum Gasteiger partial charge on any atom is -0.452 e. The van der Waals surface area contributed by atoms with E-state index in [0.29, 0.717) is 0 Å². The van der Waals surface area contributed by atoms with Crippen molar-refractivity contribution in [3.63, 3.8) is 0 Å². The number of amidine groups is 1. The van der Waals surface area contributed by atoms with Gasteiger partial charge in [-0.3, -0.25) is 5.41 Å². The Morgan fingerprint density at radius 1 is 1.10 bits per heavy atom. The van der Waals surface area contributed by atoms with Gasteiger partial charge in [0, 0.05) is 0 Å². The fourth-order valence-electron chi connectivity index (χ4n) is 1.47. The third-order valence-corrected chi connectivity index (χ3v) is 2.31. The van der Waals surface area contributed by atoms with Crippen molar-refractivity contribution in [3.8, 4) is 17.2 Å². The Morgan fingerprint density at radius 3 is 2.29 bits per heavy atom. The van der Waals surface area contributed by atoms with E-state index in [1.54, 1.807) is 0 Å². The van der Waals surface area contributed by atoms with Crippen molar-refractivity contribution in [2.75, 3.05) is 0 Å². The monoisotopic (exact) mass is 297 g/mol. The number of nitrogens with zero attached hydrogens (tertiary/aromatic N) is 1. The molecule has 0 aliphatic heterocycles. The van der Waals surface area contributed by atoms with Crippen molar-refractivity contribution in [3.05, 3.63) is 48.3 Å². The fraction of sp³-hybridized carbons (Fsp3) is 0.0769. The first-order valence-electron chi connectivity index (χ1n) is 5.68. The van der Waals surface area contributed by atoms with Crippen molar-refractivity contribution in [2.24, 2.45) is 5.73 Å². The van der Waals surface area contributed by atoms with E-state index < -0.39 is 12.1 Å². The van der Waals surface area contributed by atoms with Crippen LogP contribution >= 0.6 is 0 Å². The van der Waals surface area contributed by atoms with Gasteiger partial charge in [-0.15, -0.1) is 13.2 Å². The molecule has 0 atom stereocenters. The molecular formula is C13H10F3N3O2. The molecule has 2 aromatic rings. The summed E-state index contributed by atoms with van der Waals surface area (Å²) < 4.78 is 46.0. The van der Waals surface area contributed by atoms with Gasteiger partial charge in [0.15, 0.2) is 11.5 Å². The van der Waals surface area contributed by atoms with Gasteiger partial charge in [-0.2, -0.15) is 0 Å². The second-order valence-electron chi connectivity index (χ2n) is 3.89. The third kappa shape index (κ3) is 4.10. The molecule has 8 heteroatoms. The van der Waals surface area contributed by atoms with Crippen molar-refractivity contribution >= 4 is 5.84 Å². The Hall–Kier alpha value is -2.77. The van der Waals surface area contributed by atoms with Gasteiger partial charge in [-0.05, 0) is 24.3 Å². The standard InChI is InChI=1S/C13H10F3N3O2/c14-13(15,16)21-11-4-2-1-3-10(11)20-8-5-6-9(12(17)18)19-7-8/h1-7H,(H3,17,18). The van der Waals surface area contributed by atoms with Crippen molar-refractivity contribution in [1.82, 2.24) is 4.98 Å². The van der Waals surface area contributed by atoms with Crippen LogP contribution in [-0.4, -0.2) is 17.2 Å². The number of alkyl halides is 3. The highest BCUT2D eigenvalue weighted by Gasteiger charge is 2.32. The Morgan fingerprint density at radius 2 is 1.76 bits per heavy atom. The van der Waals surface area contributed by atoms with Gasteiger partial charge in [-0.25, -0.2) is 4.98 Å². The lowest BCUT2D eigenvalue weighted by atomic mass is 10.3. The number of nitrogens with one attached hydrogen (secondary N) is 1. The first-order valence-corrected chi connectivity index (χ1v) is 5.68. The maximum Gasteiger partial charge on any atom is 0.573 e. The van der Waals surface area contributed by atoms with E-state index in [2.05, 4.69) is 9.72 Å². The van der Waals surface area contributed by atoms with E-state index in [0.717, 1.165) is 6.07 Å². The van der Waals surface area contributed by atoms with Crippen LogP contribution in [0.2, 0.25) is 0 Å². The first-order chi connectivity index (χ1) is 9.85. The Balaban J connectivity index is 2.21. The summed E-state index contributed by atoms with van der Waals surface area (Å²) in [5, 5.41) is 7.19. The second kappa shape index (κ2) is 5.70. The smallest absolute Gasteiger partial charge is 0.452 e. The van der Waals surface area contributed by atoms with Crippen LogP contribution < -0.4 is 15.2 Å². The molecular weight excluding hydrogens is 287 g/mol. The van der Waals surface area contributed by atoms with Crippen LogP contribution in [-0.2, 0) is 0 Å². The number of halogens is 3. The van der Waals surface area contributed by atoms with Gasteiger partial charge < -0.3 is 15.2 Å². The molecule has 0 radical (unpaired) electrons. The van der Waals surface area contributed by atoms with Crippen LogP contribution in [0.5, 0.6) is 17.2 Å². The van der Waals surface area contributed by atoms with E-state index in [1.807, 2.05) is 0 Å². The summed E-state index contributed by atoms with van der Waals surface area (Å²) in [7, 11) is 0. The lowest BCUT2D eigenvalue weighted by molar-refractivity contribution is -0.275. The summed E-state index contributed by atoms with van der Waals surface area (Å²) in [6.45, 7) is 0. The van der Waals surface area contributed by atoms with Gasteiger partial charge in [0.05, 0.1) is 6.20 Å². The fourth-order valence-corrected chi connectivity index (χ4v) is 1.47. The molecule has 0 saturated heterocycles. The number of nitrogen functional groups attached to an aromatic ring is 1. The van der Waals surface area contributed by atoms with E-state index >= 15 is 0 Å². The summed E-state index contributed by atoms with van der Waals surface area (Å²) in [4.78, 5) is 3.84. The molecule has 5 nitrogen and oxygen atoms in total. The maximum absolute atomic E-state index is 12.3. The second-order valence-corrected chi connectivity index (χ2v) is 3.89. The number of pyridine rings is 1. The summed E-state index contributed by atoms with van der Waals surface area (Å²) in [5.41, 5.74) is 5.48. The summed E-state index contributed by atoms with van der Waals surface area (Å²) in [6, 6.07) is 8.24. The normalized spacial score (nSPS) is 11.0. The zero-order valence-electron chi connectivity index (χ0n) is 10.5. The molecule has 2 rings (SSSR count). The average molecular weight is 297 g/mol. The van der Waals surface area contributed by atoms with E-state index in [1.165, 1.54) is 36.5 Å². The van der Waals surface area contributed by atoms with Crippen LogP contribution in [0.1, 0.15) is 5.69 Å². The number of rotatable bonds is 4. The van der Waals surface area contributed by atoms with Crippen molar-refractivity contribution in [2.45, 2.75) is 6.36 Å². The molecule has 1 heterocycles. The van der Waals surface area contributed by atoms with Gasteiger partial charge in [0.2, 0.25) is 0 Å². The highest BCUT2D eigenvalue weighted by molar-refractivity contribution is 5.92. The average Bonchev–Trinajstić information content (AvgIpc) is 2.40. The van der Waals surface area contributed by atoms with Gasteiger partial charge >= 0.3 is 6.36 Å². The van der Waals surface area contributed by atoms with E-state index in [4.69, 9.17) is 15.9 Å². The van der Waals surface area contributed by atoms with Crippen LogP contribution in [0.15, 0.2) is 42.6 Å². The van der Waals surface area contributed by atoms with Gasteiger partial charge in [0.1, 0.15) is 17.3 Å². The van der Waals surface area contributed by atoms with E-state index in [9.17, 15) is 13.2 Å². The number of benzene rings is 1. The highest BCUT2D eigenvalue weighted by atomic mass is 19.4. The molecule has 0 bridgehead atoms. The molecule has 0 aliphatic rings. The van der Waals surface area contributed by atoms with Crippen LogP contribution in [0.25, 0.3) is 0 Å². The van der Waals surface area contributed by atoms with Crippen molar-refractivity contribution in [1.29, 1.82) is 5.41 Å². The van der Waals surface area contributed by atoms with E-state index in [-0.39, 0.29) is 23.0 Å². The first kappa shape index (κ1) is 14.6. The molecule has 1 aromatic heterocycles. The molecule has 0 amide bonds. The predicted molar refractivity (Wildman–Crippen MR) is 68.5 cm³/mol. The lowest BCUT2D eigenvalue weighted by Crippen LogP contribution is -2.17. The zero-order valence-corrected chi connectivity index (χ0v) is 10.5. The largest absolute Gasteiger partial charge is 0.573 e. The number of hydrogen-bond donors (Lipinski definition) is 2. The topological polar surface area (TPSA) is 81.2 Å². The number of ether oxygens (including phenoxy) is 2. The molecule has 0 unspecified atom stereocenters. The van der Waals surface area contributed by atoms with Crippen LogP contribution in [0, 0.1) is 5.41 Å². The van der Waals surface area contributed by atoms with Gasteiger partial charge in [-0.1, -0.05) is 12.1 Å². The maximum atomic E-state index is 12.3. The third-order valence-electron chi connectivity index (χ3n) is 2.31. The number of nitrogens with two attached hydrogens (primary N) is 1. The summed E-state index contributed by atoms with van der Waals surface area (Å²) in [6.07, 6.45) is -3.56. The van der Waals surface area contributed by atoms with Gasteiger partial charge in [0.25, 0.3) is 0 Å². The number of hydrogen-bond acceptors (Lipinski definition) is 4. The minimum atomic E-state index is -4.81. The van der Waals surface area contributed by atoms with Crippen molar-refractivity contribution < 1.29 is 22.6 Å². The molecule has 1 aromatic carbocycles. The molecule has 110 valence electrons. The highest BCUT2D eigenvalue weighted by Crippen LogP contribution is 2.34. The summed E-state index contributed by atoms with van der Waals surface area (Å²) >= 11 is 0. The molecule has 3 N–H and O–H groups in total. The predicted octanol–water partition coefficient (Wildman–Crippen LogP) is 3.06. The Bertz CT molecular complexity index is 642. The number of aromatic nitrogens is 1. The number of para-hydroxylation sites is 2. The SMILES string of the molecule is N=C(N)c1ccc(Oc2ccccc2OC(F)(F)F)cn1. The lowest BCUT2D eigenvalue weighted by Gasteiger charge is -2.13. The molecule has 21 heavy (non-hydrogen) atoms. The summed E-state index contributed by atoms with van der Waals surface area (Å²) in [5.74, 6) is -0.589. The van der Waals surface area contributed by atoms with Crippen LogP contribution in [0.4, 0.5) is 13.2 Å². The molecule has 0 aliphatic carbocycles. The Kier molecular flexibility index (Phi) is 3.97. The minimum absolute atomic E-state index is 0.104. The quantitative estimate of drug-likeness (QED) is 0.671. The molecule has 0 saturated carbocycles. The molecule has 0 fully saturated rings. The van der Waals surface area contributed by atoms with Crippen LogP contribution in [0.3, 0.4) is 0 Å². The Labute approximate surface area is 117 Å². The zero-order chi connectivity index (χ0) is 15.5. The molecule has 0 spiro atoms.